The van der Waals surface area contributed by atoms with Gasteiger partial charge >= 0.3 is 0 Å². The number of rotatable bonds is 8. The minimum Gasteiger partial charge on any atom is -0.389 e. The summed E-state index contributed by atoms with van der Waals surface area (Å²) in [4.78, 5) is 4.23. The molecule has 0 saturated heterocycles. The fraction of sp³-hybridized carbons (Fsp3) is 0.400. The molecule has 21 heavy (non-hydrogen) atoms. The summed E-state index contributed by atoms with van der Waals surface area (Å²) in [6, 6.07) is 7.66. The van der Waals surface area contributed by atoms with Gasteiger partial charge in [0.1, 0.15) is 5.01 Å². The zero-order chi connectivity index (χ0) is 15.1. The van der Waals surface area contributed by atoms with Crippen LogP contribution < -0.4 is 5.32 Å². The largest absolute Gasteiger partial charge is 0.389 e. The zero-order valence-corrected chi connectivity index (χ0v) is 13.4. The second-order valence-electron chi connectivity index (χ2n) is 4.76. The Morgan fingerprint density at radius 1 is 1.43 bits per heavy atom. The third-order valence-electron chi connectivity index (χ3n) is 3.01. The molecule has 0 fully saturated rings. The summed E-state index contributed by atoms with van der Waals surface area (Å²) in [7, 11) is 0. The summed E-state index contributed by atoms with van der Waals surface area (Å²) < 4.78 is 5.50. The molecule has 0 amide bonds. The second kappa shape index (κ2) is 8.46. The highest BCUT2D eigenvalue weighted by molar-refractivity contribution is 7.09. The van der Waals surface area contributed by atoms with Gasteiger partial charge in [-0.05, 0) is 18.6 Å². The van der Waals surface area contributed by atoms with Crippen molar-refractivity contribution in [2.24, 2.45) is 0 Å². The van der Waals surface area contributed by atoms with Gasteiger partial charge in [0.05, 0.1) is 25.4 Å². The Labute approximate surface area is 133 Å². The predicted molar refractivity (Wildman–Crippen MR) is 85.6 cm³/mol. The molecule has 0 bridgehead atoms. The molecule has 1 heterocycles. The van der Waals surface area contributed by atoms with E-state index in [0.29, 0.717) is 18.2 Å². The van der Waals surface area contributed by atoms with Crippen molar-refractivity contribution in [1.29, 1.82) is 0 Å². The summed E-state index contributed by atoms with van der Waals surface area (Å²) in [5.41, 5.74) is 0.926. The van der Waals surface area contributed by atoms with Gasteiger partial charge in [0.15, 0.2) is 0 Å². The molecule has 4 nitrogen and oxygen atoms in total. The number of aliphatic hydroxyl groups is 1. The van der Waals surface area contributed by atoms with Crippen molar-refractivity contribution in [1.82, 2.24) is 10.3 Å². The van der Waals surface area contributed by atoms with Crippen molar-refractivity contribution >= 4 is 22.9 Å². The number of nitrogens with zero attached hydrogens (tertiary/aromatic N) is 1. The minimum atomic E-state index is -0.560. The van der Waals surface area contributed by atoms with Gasteiger partial charge in [-0.25, -0.2) is 4.98 Å². The van der Waals surface area contributed by atoms with E-state index in [4.69, 9.17) is 16.3 Å². The van der Waals surface area contributed by atoms with Crippen molar-refractivity contribution in [3.05, 3.63) is 51.4 Å². The lowest BCUT2D eigenvalue weighted by Gasteiger charge is -2.16. The SMILES string of the molecule is CC(NCC(O)COCc1ccccc1Cl)c1nccs1. The highest BCUT2D eigenvalue weighted by Crippen LogP contribution is 2.16. The highest BCUT2D eigenvalue weighted by atomic mass is 35.5. The second-order valence-corrected chi connectivity index (χ2v) is 6.09. The number of aliphatic hydroxyl groups excluding tert-OH is 1. The van der Waals surface area contributed by atoms with Gasteiger partial charge in [0, 0.05) is 23.1 Å². The molecule has 2 unspecified atom stereocenters. The van der Waals surface area contributed by atoms with Crippen LogP contribution in [0.1, 0.15) is 23.5 Å². The number of hydrogen-bond donors (Lipinski definition) is 2. The third-order valence-corrected chi connectivity index (χ3v) is 4.33. The number of thiazole rings is 1. The van der Waals surface area contributed by atoms with Crippen LogP contribution in [0.25, 0.3) is 0 Å². The van der Waals surface area contributed by atoms with Crippen molar-refractivity contribution in [3.8, 4) is 0 Å². The van der Waals surface area contributed by atoms with Gasteiger partial charge in [0.2, 0.25) is 0 Å². The number of halogens is 1. The van der Waals surface area contributed by atoms with Crippen LogP contribution in [-0.4, -0.2) is 29.3 Å². The molecule has 0 saturated carbocycles. The first-order valence-electron chi connectivity index (χ1n) is 6.79. The molecule has 2 rings (SSSR count). The lowest BCUT2D eigenvalue weighted by atomic mass is 10.2. The summed E-state index contributed by atoms with van der Waals surface area (Å²) >= 11 is 7.64. The van der Waals surface area contributed by atoms with Gasteiger partial charge < -0.3 is 15.2 Å². The maximum atomic E-state index is 9.91. The number of hydrogen-bond acceptors (Lipinski definition) is 5. The van der Waals surface area contributed by atoms with Crippen LogP contribution in [-0.2, 0) is 11.3 Å². The molecule has 1 aromatic carbocycles. The normalized spacial score (nSPS) is 14.0. The van der Waals surface area contributed by atoms with Crippen molar-refractivity contribution in [2.45, 2.75) is 25.7 Å². The molecule has 0 aliphatic heterocycles. The lowest BCUT2D eigenvalue weighted by Crippen LogP contribution is -2.32. The molecule has 0 aliphatic carbocycles. The van der Waals surface area contributed by atoms with Gasteiger partial charge in [-0.15, -0.1) is 11.3 Å². The fourth-order valence-corrected chi connectivity index (χ4v) is 2.69. The first-order valence-corrected chi connectivity index (χ1v) is 8.04. The van der Waals surface area contributed by atoms with Crippen LogP contribution in [0.3, 0.4) is 0 Å². The van der Waals surface area contributed by atoms with E-state index >= 15 is 0 Å². The number of aromatic nitrogens is 1. The molecule has 1 aromatic heterocycles. The smallest absolute Gasteiger partial charge is 0.109 e. The monoisotopic (exact) mass is 326 g/mol. The van der Waals surface area contributed by atoms with E-state index in [1.165, 1.54) is 0 Å². The molecular formula is C15H19ClN2O2S. The molecule has 2 aromatic rings. The zero-order valence-electron chi connectivity index (χ0n) is 11.8. The Morgan fingerprint density at radius 2 is 2.24 bits per heavy atom. The summed E-state index contributed by atoms with van der Waals surface area (Å²) in [5.74, 6) is 0. The third kappa shape index (κ3) is 5.37. The quantitative estimate of drug-likeness (QED) is 0.783. The van der Waals surface area contributed by atoms with Gasteiger partial charge in [0.25, 0.3) is 0 Å². The molecule has 6 heteroatoms. The standard InChI is InChI=1S/C15H19ClN2O2S/c1-11(15-17-6-7-21-15)18-8-13(19)10-20-9-12-4-2-3-5-14(12)16/h2-7,11,13,18-19H,8-10H2,1H3. The Balaban J connectivity index is 1.66. The van der Waals surface area contributed by atoms with Gasteiger partial charge in [-0.2, -0.15) is 0 Å². The van der Waals surface area contributed by atoms with Gasteiger partial charge in [-0.1, -0.05) is 29.8 Å². The number of benzene rings is 1. The topological polar surface area (TPSA) is 54.4 Å². The summed E-state index contributed by atoms with van der Waals surface area (Å²) in [6.07, 6.45) is 1.22. The average molecular weight is 327 g/mol. The maximum Gasteiger partial charge on any atom is 0.109 e. The van der Waals surface area contributed by atoms with Crippen LogP contribution in [0, 0.1) is 0 Å². The van der Waals surface area contributed by atoms with Crippen molar-refractivity contribution in [3.63, 3.8) is 0 Å². The van der Waals surface area contributed by atoms with Crippen LogP contribution in [0.15, 0.2) is 35.8 Å². The van der Waals surface area contributed by atoms with E-state index in [1.807, 2.05) is 36.6 Å². The van der Waals surface area contributed by atoms with E-state index in [0.717, 1.165) is 10.6 Å². The first-order chi connectivity index (χ1) is 10.2. The number of ether oxygens (including phenoxy) is 1. The van der Waals surface area contributed by atoms with E-state index in [-0.39, 0.29) is 12.6 Å². The van der Waals surface area contributed by atoms with E-state index in [1.54, 1.807) is 17.5 Å². The van der Waals surface area contributed by atoms with E-state index in [2.05, 4.69) is 10.3 Å². The van der Waals surface area contributed by atoms with Crippen LogP contribution in [0.5, 0.6) is 0 Å². The molecule has 0 aliphatic rings. The maximum absolute atomic E-state index is 9.91. The average Bonchev–Trinajstić information content (AvgIpc) is 3.01. The molecule has 0 spiro atoms. The Morgan fingerprint density at radius 3 is 2.95 bits per heavy atom. The Bertz CT molecular complexity index is 536. The highest BCUT2D eigenvalue weighted by Gasteiger charge is 2.11. The predicted octanol–water partition coefficient (Wildman–Crippen LogP) is 3.02. The molecule has 2 N–H and O–H groups in total. The first kappa shape index (κ1) is 16.4. The Hall–Kier alpha value is -0.980. The minimum absolute atomic E-state index is 0.128. The molecule has 114 valence electrons. The van der Waals surface area contributed by atoms with E-state index in [9.17, 15) is 5.11 Å². The Kier molecular flexibility index (Phi) is 6.60. The lowest BCUT2D eigenvalue weighted by molar-refractivity contribution is 0.0278. The van der Waals surface area contributed by atoms with E-state index < -0.39 is 6.10 Å². The van der Waals surface area contributed by atoms with Crippen LogP contribution in [0.2, 0.25) is 5.02 Å². The molecule has 0 radical (unpaired) electrons. The summed E-state index contributed by atoms with van der Waals surface area (Å²) in [5, 5.41) is 16.8. The summed E-state index contributed by atoms with van der Waals surface area (Å²) in [6.45, 7) is 3.15. The van der Waals surface area contributed by atoms with Crippen molar-refractivity contribution in [2.75, 3.05) is 13.2 Å². The fourth-order valence-electron chi connectivity index (χ4n) is 1.83. The molecular weight excluding hydrogens is 308 g/mol. The molecule has 2 atom stereocenters. The van der Waals surface area contributed by atoms with Gasteiger partial charge in [-0.3, -0.25) is 0 Å². The van der Waals surface area contributed by atoms with Crippen LogP contribution >= 0.6 is 22.9 Å². The van der Waals surface area contributed by atoms with Crippen molar-refractivity contribution < 1.29 is 9.84 Å². The van der Waals surface area contributed by atoms with Crippen LogP contribution in [0.4, 0.5) is 0 Å². The number of nitrogens with one attached hydrogen (secondary N) is 1.